The van der Waals surface area contributed by atoms with Crippen LogP contribution in [0.15, 0.2) is 30.7 Å². The molecule has 4 N–H and O–H groups in total. The number of anilines is 2. The second-order valence-corrected chi connectivity index (χ2v) is 3.91. The summed E-state index contributed by atoms with van der Waals surface area (Å²) in [6, 6.07) is 5.14. The number of amides is 2. The number of hydrogen-bond acceptors (Lipinski definition) is 5. The van der Waals surface area contributed by atoms with Crippen LogP contribution in [0.4, 0.5) is 11.6 Å². The van der Waals surface area contributed by atoms with Gasteiger partial charge in [0.1, 0.15) is 6.33 Å². The third-order valence-electron chi connectivity index (χ3n) is 2.55. The molecule has 3 rings (SSSR count). The first-order valence-electron chi connectivity index (χ1n) is 5.63. The molecule has 20 heavy (non-hydrogen) atoms. The molecule has 0 aliphatic heterocycles. The highest BCUT2D eigenvalue weighted by atomic mass is 16.2. The number of carbonyl (C=O) groups excluding carboxylic acids is 2. The van der Waals surface area contributed by atoms with Crippen LogP contribution in [0, 0.1) is 0 Å². The van der Waals surface area contributed by atoms with Crippen molar-refractivity contribution in [2.45, 2.75) is 0 Å². The number of hydrogen-bond donors (Lipinski definition) is 4. The Hall–Kier alpha value is -3.23. The van der Waals surface area contributed by atoms with E-state index in [1.54, 1.807) is 24.4 Å². The van der Waals surface area contributed by atoms with Crippen LogP contribution < -0.4 is 10.6 Å². The number of fused-ring (bicyclic) bond motifs is 1. The number of aromatic amines is 2. The predicted molar refractivity (Wildman–Crippen MR) is 69.7 cm³/mol. The highest BCUT2D eigenvalue weighted by molar-refractivity contribution is 6.43. The third-order valence-corrected chi connectivity index (χ3v) is 2.55. The first-order chi connectivity index (χ1) is 9.72. The van der Waals surface area contributed by atoms with Gasteiger partial charge in [0.2, 0.25) is 5.95 Å². The number of nitrogens with one attached hydrogen (secondary N) is 4. The molecule has 1 aromatic carbocycles. The second kappa shape index (κ2) is 4.80. The summed E-state index contributed by atoms with van der Waals surface area (Å²) in [5.41, 5.74) is 1.25. The summed E-state index contributed by atoms with van der Waals surface area (Å²) in [4.78, 5) is 27.0. The molecular formula is C11H9N7O2. The monoisotopic (exact) mass is 271 g/mol. The summed E-state index contributed by atoms with van der Waals surface area (Å²) in [6.07, 6.45) is 2.89. The van der Waals surface area contributed by atoms with Crippen LogP contribution in [0.5, 0.6) is 0 Å². The van der Waals surface area contributed by atoms with E-state index in [4.69, 9.17) is 0 Å². The lowest BCUT2D eigenvalue weighted by atomic mass is 10.2. The summed E-state index contributed by atoms with van der Waals surface area (Å²) >= 11 is 0. The predicted octanol–water partition coefficient (Wildman–Crippen LogP) is 0.258. The summed E-state index contributed by atoms with van der Waals surface area (Å²) in [5, 5.41) is 18.3. The maximum atomic E-state index is 11.7. The van der Waals surface area contributed by atoms with Crippen molar-refractivity contribution < 1.29 is 9.59 Å². The quantitative estimate of drug-likeness (QED) is 0.497. The van der Waals surface area contributed by atoms with Crippen molar-refractivity contribution in [1.82, 2.24) is 25.4 Å². The number of carbonyl (C=O) groups is 2. The molecule has 9 heteroatoms. The number of benzene rings is 1. The molecule has 0 saturated carbocycles. The van der Waals surface area contributed by atoms with E-state index in [2.05, 4.69) is 36.0 Å². The van der Waals surface area contributed by atoms with E-state index in [1.807, 2.05) is 0 Å². The Morgan fingerprint density at radius 1 is 1.05 bits per heavy atom. The van der Waals surface area contributed by atoms with Crippen molar-refractivity contribution in [3.05, 3.63) is 30.7 Å². The fraction of sp³-hybridized carbons (Fsp3) is 0. The van der Waals surface area contributed by atoms with Crippen LogP contribution in [0.2, 0.25) is 0 Å². The maximum Gasteiger partial charge on any atom is 0.316 e. The largest absolute Gasteiger partial charge is 0.318 e. The Labute approximate surface area is 111 Å². The Bertz CT molecular complexity index is 762. The highest BCUT2D eigenvalue weighted by Crippen LogP contribution is 2.16. The maximum absolute atomic E-state index is 11.7. The molecule has 3 aromatic rings. The number of nitrogens with zero attached hydrogens (tertiary/aromatic N) is 3. The lowest BCUT2D eigenvalue weighted by Gasteiger charge is -2.04. The Kier molecular flexibility index (Phi) is 2.84. The molecule has 0 unspecified atom stereocenters. The molecule has 0 aliphatic carbocycles. The van der Waals surface area contributed by atoms with E-state index in [0.29, 0.717) is 5.69 Å². The van der Waals surface area contributed by atoms with Gasteiger partial charge >= 0.3 is 11.8 Å². The second-order valence-electron chi connectivity index (χ2n) is 3.91. The van der Waals surface area contributed by atoms with E-state index in [1.165, 1.54) is 6.33 Å². The molecule has 0 aliphatic rings. The normalized spacial score (nSPS) is 10.4. The minimum atomic E-state index is -0.841. The van der Waals surface area contributed by atoms with E-state index in [-0.39, 0.29) is 5.95 Å². The molecule has 0 bridgehead atoms. The molecule has 2 amide bonds. The SMILES string of the molecule is O=C(Nc1ccc2cn[nH]c2c1)C(=O)Nc1ncn[nH]1. The van der Waals surface area contributed by atoms with Crippen molar-refractivity contribution in [3.8, 4) is 0 Å². The molecule has 9 nitrogen and oxygen atoms in total. The number of H-pyrrole nitrogens is 2. The Morgan fingerprint density at radius 3 is 2.70 bits per heavy atom. The average molecular weight is 271 g/mol. The summed E-state index contributed by atoms with van der Waals surface area (Å²) < 4.78 is 0. The van der Waals surface area contributed by atoms with Crippen molar-refractivity contribution in [2.24, 2.45) is 0 Å². The van der Waals surface area contributed by atoms with Gasteiger partial charge in [0.05, 0.1) is 11.7 Å². The fourth-order valence-corrected chi connectivity index (χ4v) is 1.63. The molecule has 100 valence electrons. The summed E-state index contributed by atoms with van der Waals surface area (Å²) in [5.74, 6) is -1.54. The van der Waals surface area contributed by atoms with E-state index in [9.17, 15) is 9.59 Å². The lowest BCUT2D eigenvalue weighted by Crippen LogP contribution is -2.29. The third kappa shape index (κ3) is 2.32. The molecular weight excluding hydrogens is 262 g/mol. The van der Waals surface area contributed by atoms with Gasteiger partial charge in [-0.1, -0.05) is 0 Å². The molecule has 0 atom stereocenters. The van der Waals surface area contributed by atoms with Gasteiger partial charge in [-0.3, -0.25) is 20.0 Å². The van der Waals surface area contributed by atoms with Gasteiger partial charge in [-0.05, 0) is 18.2 Å². The van der Waals surface area contributed by atoms with Crippen LogP contribution in [-0.4, -0.2) is 37.2 Å². The highest BCUT2D eigenvalue weighted by Gasteiger charge is 2.15. The Balaban J connectivity index is 1.70. The Morgan fingerprint density at radius 2 is 1.90 bits per heavy atom. The minimum Gasteiger partial charge on any atom is -0.318 e. The van der Waals surface area contributed by atoms with Crippen LogP contribution >= 0.6 is 0 Å². The van der Waals surface area contributed by atoms with Gasteiger partial charge in [0.15, 0.2) is 0 Å². The van der Waals surface area contributed by atoms with Crippen molar-refractivity contribution >= 4 is 34.4 Å². The zero-order chi connectivity index (χ0) is 13.9. The van der Waals surface area contributed by atoms with Gasteiger partial charge < -0.3 is 5.32 Å². The van der Waals surface area contributed by atoms with Gasteiger partial charge in [-0.2, -0.15) is 15.2 Å². The van der Waals surface area contributed by atoms with Crippen molar-refractivity contribution in [2.75, 3.05) is 10.6 Å². The number of aromatic nitrogens is 5. The minimum absolute atomic E-state index is 0.106. The van der Waals surface area contributed by atoms with Crippen molar-refractivity contribution in [1.29, 1.82) is 0 Å². The van der Waals surface area contributed by atoms with Crippen LogP contribution in [0.1, 0.15) is 0 Å². The zero-order valence-corrected chi connectivity index (χ0v) is 10.0. The van der Waals surface area contributed by atoms with Crippen molar-refractivity contribution in [3.63, 3.8) is 0 Å². The fourth-order valence-electron chi connectivity index (χ4n) is 1.63. The standard InChI is InChI=1S/C11H9N7O2/c19-9(10(20)16-11-12-5-14-18-11)15-7-2-1-6-4-13-17-8(6)3-7/h1-5H,(H,13,17)(H,15,19)(H2,12,14,16,18,20). The van der Waals surface area contributed by atoms with E-state index < -0.39 is 11.8 Å². The zero-order valence-electron chi connectivity index (χ0n) is 10.0. The summed E-state index contributed by atoms with van der Waals surface area (Å²) in [6.45, 7) is 0. The smallest absolute Gasteiger partial charge is 0.316 e. The molecule has 0 fully saturated rings. The van der Waals surface area contributed by atoms with Gasteiger partial charge in [-0.25, -0.2) is 5.10 Å². The average Bonchev–Trinajstić information content (AvgIpc) is 3.08. The topological polar surface area (TPSA) is 128 Å². The molecule has 0 spiro atoms. The first kappa shape index (κ1) is 11.8. The van der Waals surface area contributed by atoms with Crippen LogP contribution in [0.25, 0.3) is 10.9 Å². The molecule has 2 heterocycles. The van der Waals surface area contributed by atoms with E-state index >= 15 is 0 Å². The lowest BCUT2D eigenvalue weighted by molar-refractivity contribution is -0.133. The molecule has 0 saturated heterocycles. The molecule has 0 radical (unpaired) electrons. The molecule has 2 aromatic heterocycles. The summed E-state index contributed by atoms with van der Waals surface area (Å²) in [7, 11) is 0. The van der Waals surface area contributed by atoms with E-state index in [0.717, 1.165) is 10.9 Å². The van der Waals surface area contributed by atoms with Crippen LogP contribution in [0.3, 0.4) is 0 Å². The van der Waals surface area contributed by atoms with Gasteiger partial charge in [-0.15, -0.1) is 0 Å². The number of rotatable bonds is 2. The van der Waals surface area contributed by atoms with Gasteiger partial charge in [0.25, 0.3) is 0 Å². The first-order valence-corrected chi connectivity index (χ1v) is 5.63. The van der Waals surface area contributed by atoms with Crippen LogP contribution in [-0.2, 0) is 9.59 Å². The van der Waals surface area contributed by atoms with Gasteiger partial charge in [0, 0.05) is 11.1 Å².